The summed E-state index contributed by atoms with van der Waals surface area (Å²) in [6.45, 7) is 0.912. The predicted octanol–water partition coefficient (Wildman–Crippen LogP) is -0.565. The normalized spacial score (nSPS) is 9.79. The Balaban J connectivity index is 2.48. The van der Waals surface area contributed by atoms with Crippen molar-refractivity contribution in [2.24, 2.45) is 0 Å². The van der Waals surface area contributed by atoms with Crippen LogP contribution in [0.15, 0.2) is 12.4 Å². The van der Waals surface area contributed by atoms with Crippen molar-refractivity contribution < 1.29 is 9.53 Å². The molecule has 0 radical (unpaired) electrons. The third kappa shape index (κ3) is 2.98. The molecule has 6 heteroatoms. The molecule has 1 aromatic heterocycles. The number of carbonyl (C=O) groups excluding carboxylic acids is 1. The van der Waals surface area contributed by atoms with Crippen molar-refractivity contribution in [1.82, 2.24) is 15.3 Å². The van der Waals surface area contributed by atoms with E-state index in [0.717, 1.165) is 0 Å². The fraction of sp³-hybridized carbons (Fsp3) is 0.375. The number of nitrogens with two attached hydrogens (primary N) is 1. The van der Waals surface area contributed by atoms with E-state index in [9.17, 15) is 4.79 Å². The molecule has 1 heterocycles. The highest BCUT2D eigenvalue weighted by molar-refractivity contribution is 5.91. The number of anilines is 1. The highest BCUT2D eigenvalue weighted by Crippen LogP contribution is 1.95. The van der Waals surface area contributed by atoms with E-state index >= 15 is 0 Å². The van der Waals surface area contributed by atoms with Gasteiger partial charge in [-0.2, -0.15) is 0 Å². The number of nitrogen functional groups attached to an aromatic ring is 1. The third-order valence-electron chi connectivity index (χ3n) is 1.50. The van der Waals surface area contributed by atoms with E-state index in [2.05, 4.69) is 15.3 Å². The number of methoxy groups -OCH3 is 1. The van der Waals surface area contributed by atoms with Gasteiger partial charge in [0.15, 0.2) is 0 Å². The van der Waals surface area contributed by atoms with Crippen molar-refractivity contribution in [3.63, 3.8) is 0 Å². The van der Waals surface area contributed by atoms with Crippen LogP contribution in [0.5, 0.6) is 0 Å². The van der Waals surface area contributed by atoms with Crippen LogP contribution in [0.2, 0.25) is 0 Å². The number of carbonyl (C=O) groups is 1. The summed E-state index contributed by atoms with van der Waals surface area (Å²) in [4.78, 5) is 18.9. The number of rotatable bonds is 4. The number of aromatic nitrogens is 2. The van der Waals surface area contributed by atoms with Gasteiger partial charge < -0.3 is 15.8 Å². The molecule has 0 bridgehead atoms. The van der Waals surface area contributed by atoms with E-state index in [1.54, 1.807) is 7.11 Å². The maximum atomic E-state index is 11.3. The van der Waals surface area contributed by atoms with Gasteiger partial charge in [-0.1, -0.05) is 0 Å². The summed E-state index contributed by atoms with van der Waals surface area (Å²) in [6.07, 6.45) is 2.67. The molecule has 0 aromatic carbocycles. The number of hydrogen-bond donors (Lipinski definition) is 2. The second kappa shape index (κ2) is 5.13. The molecule has 14 heavy (non-hydrogen) atoms. The molecule has 76 valence electrons. The van der Waals surface area contributed by atoms with Crippen LogP contribution in [0, 0.1) is 0 Å². The number of ether oxygens (including phenoxy) is 1. The largest absolute Gasteiger partial charge is 0.383 e. The lowest BCUT2D eigenvalue weighted by Gasteiger charge is -2.02. The Labute approximate surface area is 81.5 Å². The first-order valence-corrected chi connectivity index (χ1v) is 4.08. The highest BCUT2D eigenvalue weighted by Gasteiger charge is 2.05. The molecule has 0 unspecified atom stereocenters. The molecule has 0 aliphatic heterocycles. The lowest BCUT2D eigenvalue weighted by Crippen LogP contribution is -2.27. The molecule has 3 N–H and O–H groups in total. The van der Waals surface area contributed by atoms with Gasteiger partial charge in [-0.25, -0.2) is 9.97 Å². The van der Waals surface area contributed by atoms with Gasteiger partial charge >= 0.3 is 0 Å². The van der Waals surface area contributed by atoms with Gasteiger partial charge in [0.25, 0.3) is 5.91 Å². The van der Waals surface area contributed by atoms with Gasteiger partial charge in [-0.3, -0.25) is 4.79 Å². The Morgan fingerprint density at radius 2 is 2.36 bits per heavy atom. The van der Waals surface area contributed by atoms with Crippen molar-refractivity contribution in [3.8, 4) is 0 Å². The van der Waals surface area contributed by atoms with E-state index in [4.69, 9.17) is 10.5 Å². The Kier molecular flexibility index (Phi) is 3.81. The summed E-state index contributed by atoms with van der Waals surface area (Å²) < 4.78 is 4.78. The topological polar surface area (TPSA) is 90.1 Å². The molecule has 6 nitrogen and oxygen atoms in total. The van der Waals surface area contributed by atoms with Crippen molar-refractivity contribution in [3.05, 3.63) is 18.1 Å². The second-order valence-electron chi connectivity index (χ2n) is 2.58. The molecule has 0 fully saturated rings. The molecule has 1 amide bonds. The number of nitrogens with one attached hydrogen (secondary N) is 1. The monoisotopic (exact) mass is 196 g/mol. The molecule has 0 atom stereocenters. The van der Waals surface area contributed by atoms with Crippen LogP contribution in [0.1, 0.15) is 10.5 Å². The fourth-order valence-electron chi connectivity index (χ4n) is 0.812. The molecular weight excluding hydrogens is 184 g/mol. The summed E-state index contributed by atoms with van der Waals surface area (Å²) in [6, 6.07) is 0. The zero-order valence-electron chi connectivity index (χ0n) is 7.86. The van der Waals surface area contributed by atoms with E-state index in [-0.39, 0.29) is 11.6 Å². The van der Waals surface area contributed by atoms with Crippen molar-refractivity contribution in [2.75, 3.05) is 26.0 Å². The Morgan fingerprint density at radius 1 is 1.57 bits per heavy atom. The van der Waals surface area contributed by atoms with Gasteiger partial charge in [0.2, 0.25) is 0 Å². The summed E-state index contributed by atoms with van der Waals surface area (Å²) >= 11 is 0. The molecule has 1 aromatic rings. The Morgan fingerprint density at radius 3 is 2.93 bits per heavy atom. The molecule has 0 aliphatic carbocycles. The standard InChI is InChI=1S/C8H12N4O2/c1-14-3-2-10-8(13)6-4-12-7(9)5-11-6/h4-5H,2-3H2,1H3,(H2,9,12)(H,10,13). The smallest absolute Gasteiger partial charge is 0.271 e. The van der Waals surface area contributed by atoms with Crippen LogP contribution in [0.4, 0.5) is 5.82 Å². The quantitative estimate of drug-likeness (QED) is 0.630. The van der Waals surface area contributed by atoms with Gasteiger partial charge in [0, 0.05) is 13.7 Å². The number of hydrogen-bond acceptors (Lipinski definition) is 5. The van der Waals surface area contributed by atoms with Gasteiger partial charge in [0.05, 0.1) is 19.0 Å². The van der Waals surface area contributed by atoms with E-state index < -0.39 is 0 Å². The minimum absolute atomic E-state index is 0.246. The summed E-state index contributed by atoms with van der Waals surface area (Å²) in [5, 5.41) is 2.61. The van der Waals surface area contributed by atoms with Crippen LogP contribution < -0.4 is 11.1 Å². The number of nitrogens with zero attached hydrogens (tertiary/aromatic N) is 2. The molecule has 0 spiro atoms. The average Bonchev–Trinajstić information content (AvgIpc) is 2.19. The zero-order chi connectivity index (χ0) is 10.4. The SMILES string of the molecule is COCCNC(=O)c1cnc(N)cn1. The first kappa shape index (κ1) is 10.4. The summed E-state index contributed by atoms with van der Waals surface area (Å²) in [7, 11) is 1.56. The first-order chi connectivity index (χ1) is 6.74. The summed E-state index contributed by atoms with van der Waals surface area (Å²) in [5.74, 6) is 0.00740. The van der Waals surface area contributed by atoms with Gasteiger partial charge in [0.1, 0.15) is 11.5 Å². The van der Waals surface area contributed by atoms with E-state index in [0.29, 0.717) is 19.0 Å². The number of amides is 1. The lowest BCUT2D eigenvalue weighted by atomic mass is 10.4. The lowest BCUT2D eigenvalue weighted by molar-refractivity contribution is 0.0932. The Hall–Kier alpha value is -1.69. The summed E-state index contributed by atoms with van der Waals surface area (Å²) in [5.41, 5.74) is 5.57. The zero-order valence-corrected chi connectivity index (χ0v) is 7.86. The maximum absolute atomic E-state index is 11.3. The predicted molar refractivity (Wildman–Crippen MR) is 50.7 cm³/mol. The van der Waals surface area contributed by atoms with Crippen molar-refractivity contribution in [1.29, 1.82) is 0 Å². The second-order valence-corrected chi connectivity index (χ2v) is 2.58. The van der Waals surface area contributed by atoms with E-state index in [1.807, 2.05) is 0 Å². The minimum atomic E-state index is -0.283. The maximum Gasteiger partial charge on any atom is 0.271 e. The molecule has 0 saturated heterocycles. The van der Waals surface area contributed by atoms with Crippen LogP contribution in [-0.4, -0.2) is 36.1 Å². The highest BCUT2D eigenvalue weighted by atomic mass is 16.5. The minimum Gasteiger partial charge on any atom is -0.383 e. The van der Waals surface area contributed by atoms with Crippen LogP contribution >= 0.6 is 0 Å². The first-order valence-electron chi connectivity index (χ1n) is 4.08. The van der Waals surface area contributed by atoms with Crippen LogP contribution in [0.25, 0.3) is 0 Å². The van der Waals surface area contributed by atoms with Crippen molar-refractivity contribution in [2.45, 2.75) is 0 Å². The Bertz CT molecular complexity index is 299. The van der Waals surface area contributed by atoms with Gasteiger partial charge in [-0.15, -0.1) is 0 Å². The molecule has 0 aliphatic rings. The third-order valence-corrected chi connectivity index (χ3v) is 1.50. The van der Waals surface area contributed by atoms with Gasteiger partial charge in [-0.05, 0) is 0 Å². The average molecular weight is 196 g/mol. The van der Waals surface area contributed by atoms with E-state index in [1.165, 1.54) is 12.4 Å². The van der Waals surface area contributed by atoms with Crippen molar-refractivity contribution >= 4 is 11.7 Å². The fourth-order valence-corrected chi connectivity index (χ4v) is 0.812. The van der Waals surface area contributed by atoms with Crippen LogP contribution in [-0.2, 0) is 4.74 Å². The molecule has 0 saturated carbocycles. The molecule has 1 rings (SSSR count). The molecular formula is C8H12N4O2. The van der Waals surface area contributed by atoms with Crippen LogP contribution in [0.3, 0.4) is 0 Å².